The molecule has 19 heavy (non-hydrogen) atoms. The first-order chi connectivity index (χ1) is 9.28. The van der Waals surface area contributed by atoms with Crippen molar-refractivity contribution in [2.24, 2.45) is 0 Å². The molecule has 0 unspecified atom stereocenters. The van der Waals surface area contributed by atoms with Gasteiger partial charge in [-0.3, -0.25) is 15.2 Å². The third-order valence-electron chi connectivity index (χ3n) is 2.63. The molecular weight excluding hydrogens is 248 g/mol. The molecule has 3 rings (SSSR count). The van der Waals surface area contributed by atoms with Crippen molar-refractivity contribution in [3.63, 3.8) is 0 Å². The van der Waals surface area contributed by atoms with E-state index in [2.05, 4.69) is 30.7 Å². The summed E-state index contributed by atoms with van der Waals surface area (Å²) < 4.78 is 5.11. The van der Waals surface area contributed by atoms with Crippen LogP contribution in [0.5, 0.6) is 5.75 Å². The fourth-order valence-electron chi connectivity index (χ4n) is 1.73. The number of amides is 1. The van der Waals surface area contributed by atoms with E-state index in [1.807, 2.05) is 0 Å². The molecule has 8 nitrogen and oxygen atoms in total. The summed E-state index contributed by atoms with van der Waals surface area (Å²) in [5, 5.41) is 16.2. The van der Waals surface area contributed by atoms with Crippen LogP contribution in [0, 0.1) is 0 Å². The second kappa shape index (κ2) is 4.41. The van der Waals surface area contributed by atoms with Crippen LogP contribution in [0.3, 0.4) is 0 Å². The molecule has 3 aromatic rings. The van der Waals surface area contributed by atoms with Crippen molar-refractivity contribution >= 4 is 22.8 Å². The Kier molecular flexibility index (Phi) is 2.60. The lowest BCUT2D eigenvalue weighted by Gasteiger charge is -2.00. The highest BCUT2D eigenvalue weighted by molar-refractivity contribution is 6.10. The molecule has 0 saturated carbocycles. The first-order valence-electron chi connectivity index (χ1n) is 5.47. The zero-order valence-electron chi connectivity index (χ0n) is 9.97. The van der Waals surface area contributed by atoms with Gasteiger partial charge in [0.25, 0.3) is 5.91 Å². The highest BCUT2D eigenvalue weighted by Gasteiger charge is 2.15. The third-order valence-corrected chi connectivity index (χ3v) is 2.63. The number of methoxy groups -OCH3 is 1. The molecular formula is C11H10N6O2. The maximum atomic E-state index is 12.0. The van der Waals surface area contributed by atoms with Gasteiger partial charge in [-0.1, -0.05) is 0 Å². The predicted molar refractivity (Wildman–Crippen MR) is 67.0 cm³/mol. The molecule has 0 saturated heterocycles. The van der Waals surface area contributed by atoms with Gasteiger partial charge < -0.3 is 4.74 Å². The summed E-state index contributed by atoms with van der Waals surface area (Å²) in [6.07, 6.45) is 1.31. The van der Waals surface area contributed by atoms with Crippen LogP contribution in [-0.2, 0) is 0 Å². The summed E-state index contributed by atoms with van der Waals surface area (Å²) in [7, 11) is 1.58. The summed E-state index contributed by atoms with van der Waals surface area (Å²) in [6.45, 7) is 0. The van der Waals surface area contributed by atoms with Crippen LogP contribution in [0.1, 0.15) is 10.5 Å². The van der Waals surface area contributed by atoms with Crippen molar-refractivity contribution in [1.82, 2.24) is 25.4 Å². The van der Waals surface area contributed by atoms with Gasteiger partial charge in [0.05, 0.1) is 12.6 Å². The lowest BCUT2D eigenvalue weighted by molar-refractivity contribution is 0.102. The largest absolute Gasteiger partial charge is 0.497 e. The van der Waals surface area contributed by atoms with E-state index in [9.17, 15) is 4.79 Å². The number of hydrogen-bond acceptors (Lipinski definition) is 5. The standard InChI is InChI=1S/C11H10N6O2/c1-19-6-2-3-7-8(4-6)15-16-9(7)10(18)14-11-12-5-13-17-11/h2-5H,1H3,(H,15,16)(H2,12,13,14,17,18). The predicted octanol–water partition coefficient (Wildman–Crippen LogP) is 0.942. The normalized spacial score (nSPS) is 10.6. The number of anilines is 1. The number of fused-ring (bicyclic) bond motifs is 1. The Balaban J connectivity index is 1.94. The fourth-order valence-corrected chi connectivity index (χ4v) is 1.73. The van der Waals surface area contributed by atoms with E-state index in [4.69, 9.17) is 4.74 Å². The van der Waals surface area contributed by atoms with Crippen LogP contribution >= 0.6 is 0 Å². The maximum Gasteiger partial charge on any atom is 0.279 e. The first-order valence-corrected chi connectivity index (χ1v) is 5.47. The average molecular weight is 258 g/mol. The lowest BCUT2D eigenvalue weighted by Crippen LogP contribution is -2.13. The number of ether oxygens (including phenoxy) is 1. The van der Waals surface area contributed by atoms with Gasteiger partial charge in [-0.25, -0.2) is 5.10 Å². The molecule has 2 aromatic heterocycles. The summed E-state index contributed by atoms with van der Waals surface area (Å²) in [6, 6.07) is 5.31. The van der Waals surface area contributed by atoms with Crippen LogP contribution < -0.4 is 10.1 Å². The Bertz CT molecular complexity index is 718. The van der Waals surface area contributed by atoms with Gasteiger partial charge in [0.1, 0.15) is 12.1 Å². The summed E-state index contributed by atoms with van der Waals surface area (Å²) in [5.41, 5.74) is 1.01. The minimum Gasteiger partial charge on any atom is -0.497 e. The number of carbonyl (C=O) groups is 1. The average Bonchev–Trinajstić information content (AvgIpc) is 3.06. The minimum atomic E-state index is -0.367. The number of nitrogens with one attached hydrogen (secondary N) is 3. The van der Waals surface area contributed by atoms with Crippen molar-refractivity contribution < 1.29 is 9.53 Å². The smallest absolute Gasteiger partial charge is 0.279 e. The fraction of sp³-hybridized carbons (Fsp3) is 0.0909. The van der Waals surface area contributed by atoms with Crippen molar-refractivity contribution in [3.8, 4) is 5.75 Å². The van der Waals surface area contributed by atoms with E-state index < -0.39 is 0 Å². The third kappa shape index (κ3) is 1.99. The summed E-state index contributed by atoms with van der Waals surface area (Å²) in [5.74, 6) is 0.598. The van der Waals surface area contributed by atoms with Gasteiger partial charge >= 0.3 is 0 Å². The zero-order chi connectivity index (χ0) is 13.2. The molecule has 0 fully saturated rings. The van der Waals surface area contributed by atoms with Gasteiger partial charge in [0.15, 0.2) is 5.69 Å². The van der Waals surface area contributed by atoms with Crippen LogP contribution in [-0.4, -0.2) is 38.4 Å². The molecule has 1 aromatic carbocycles. The number of aromatic nitrogens is 5. The number of carbonyl (C=O) groups excluding carboxylic acids is 1. The van der Waals surface area contributed by atoms with Crippen LogP contribution in [0.25, 0.3) is 10.9 Å². The van der Waals surface area contributed by atoms with E-state index in [1.165, 1.54) is 6.33 Å². The second-order valence-corrected chi connectivity index (χ2v) is 3.77. The Morgan fingerprint density at radius 1 is 1.37 bits per heavy atom. The molecule has 0 atom stereocenters. The molecule has 2 heterocycles. The Morgan fingerprint density at radius 2 is 2.26 bits per heavy atom. The van der Waals surface area contributed by atoms with Gasteiger partial charge in [0, 0.05) is 11.5 Å². The number of nitrogens with zero attached hydrogens (tertiary/aromatic N) is 3. The van der Waals surface area contributed by atoms with Gasteiger partial charge in [0.2, 0.25) is 5.95 Å². The minimum absolute atomic E-state index is 0.273. The quantitative estimate of drug-likeness (QED) is 0.647. The van der Waals surface area contributed by atoms with Crippen molar-refractivity contribution in [3.05, 3.63) is 30.2 Å². The second-order valence-electron chi connectivity index (χ2n) is 3.77. The van der Waals surface area contributed by atoms with Crippen molar-refractivity contribution in [1.29, 1.82) is 0 Å². The molecule has 0 spiro atoms. The van der Waals surface area contributed by atoms with Crippen LogP contribution in [0.2, 0.25) is 0 Å². The van der Waals surface area contributed by atoms with Crippen LogP contribution in [0.15, 0.2) is 24.5 Å². The van der Waals surface area contributed by atoms with Crippen LogP contribution in [0.4, 0.5) is 5.95 Å². The molecule has 8 heteroatoms. The van der Waals surface area contributed by atoms with Gasteiger partial charge in [-0.05, 0) is 12.1 Å². The van der Waals surface area contributed by atoms with E-state index in [0.29, 0.717) is 11.1 Å². The molecule has 0 bridgehead atoms. The topological polar surface area (TPSA) is 109 Å². The lowest BCUT2D eigenvalue weighted by atomic mass is 10.2. The van der Waals surface area contributed by atoms with Gasteiger partial charge in [-0.2, -0.15) is 15.2 Å². The van der Waals surface area contributed by atoms with Crippen molar-refractivity contribution in [2.75, 3.05) is 12.4 Å². The molecule has 3 N–H and O–H groups in total. The SMILES string of the molecule is COc1ccc2c(C(=O)Nc3ncn[nH]3)n[nH]c2c1. The Labute approximate surface area is 107 Å². The van der Waals surface area contributed by atoms with E-state index >= 15 is 0 Å². The highest BCUT2D eigenvalue weighted by atomic mass is 16.5. The van der Waals surface area contributed by atoms with E-state index in [1.54, 1.807) is 25.3 Å². The molecule has 1 amide bonds. The summed E-state index contributed by atoms with van der Waals surface area (Å²) >= 11 is 0. The highest BCUT2D eigenvalue weighted by Crippen LogP contribution is 2.21. The molecule has 0 aliphatic rings. The maximum absolute atomic E-state index is 12.0. The molecule has 0 radical (unpaired) electrons. The molecule has 0 aliphatic carbocycles. The molecule has 96 valence electrons. The number of rotatable bonds is 3. The van der Waals surface area contributed by atoms with Crippen molar-refractivity contribution in [2.45, 2.75) is 0 Å². The number of H-pyrrole nitrogens is 2. The monoisotopic (exact) mass is 258 g/mol. The Morgan fingerprint density at radius 3 is 3.00 bits per heavy atom. The number of aromatic amines is 2. The summed E-state index contributed by atoms with van der Waals surface area (Å²) in [4.78, 5) is 15.8. The number of benzene rings is 1. The van der Waals surface area contributed by atoms with E-state index in [-0.39, 0.29) is 17.5 Å². The first kappa shape index (κ1) is 11.2. The number of hydrogen-bond donors (Lipinski definition) is 3. The van der Waals surface area contributed by atoms with Gasteiger partial charge in [-0.15, -0.1) is 0 Å². The Hall–Kier alpha value is -2.90. The molecule has 0 aliphatic heterocycles. The van der Waals surface area contributed by atoms with E-state index in [0.717, 1.165) is 5.52 Å². The zero-order valence-corrected chi connectivity index (χ0v) is 9.97.